The van der Waals surface area contributed by atoms with E-state index in [1.54, 1.807) is 37.3 Å². The van der Waals surface area contributed by atoms with Crippen LogP contribution in [0, 0.1) is 6.92 Å². The van der Waals surface area contributed by atoms with Crippen molar-refractivity contribution in [3.8, 4) is 0 Å². The Morgan fingerprint density at radius 2 is 1.69 bits per heavy atom. The lowest BCUT2D eigenvalue weighted by Gasteiger charge is -2.32. The summed E-state index contributed by atoms with van der Waals surface area (Å²) in [5.41, 5.74) is 1.67. The van der Waals surface area contributed by atoms with E-state index in [-0.39, 0.29) is 37.7 Å². The van der Waals surface area contributed by atoms with Gasteiger partial charge in [0, 0.05) is 25.0 Å². The van der Waals surface area contributed by atoms with Crippen LogP contribution in [0.1, 0.15) is 51.7 Å². The molecule has 0 aliphatic heterocycles. The second-order valence-electron chi connectivity index (χ2n) is 9.91. The number of nitrogens with one attached hydrogen (secondary N) is 1. The van der Waals surface area contributed by atoms with E-state index in [9.17, 15) is 18.0 Å². The van der Waals surface area contributed by atoms with Crippen molar-refractivity contribution in [3.05, 3.63) is 63.6 Å². The van der Waals surface area contributed by atoms with Crippen LogP contribution in [0.25, 0.3) is 0 Å². The van der Waals surface area contributed by atoms with Gasteiger partial charge in [-0.05, 0) is 70.4 Å². The molecule has 0 saturated heterocycles. The number of hydrogen-bond donors (Lipinski definition) is 1. The van der Waals surface area contributed by atoms with Crippen molar-refractivity contribution in [2.45, 2.75) is 65.6 Å². The molecule has 2 amide bonds. The maximum Gasteiger partial charge on any atom is 0.242 e. The Hall–Kier alpha value is -2.29. The predicted molar refractivity (Wildman–Crippen MR) is 147 cm³/mol. The van der Waals surface area contributed by atoms with E-state index in [4.69, 9.17) is 23.2 Å². The standard InChI is InChI=1S/C26H35Cl2N3O4S/c1-18-10-7-8-11-23(18)31(36(6,34)35)15-9-12-24(32)30(19(2)25(33)29-26(3,4)5)17-20-13-14-21(27)22(28)16-20/h7-8,10-11,13-14,16,19H,9,12,15,17H2,1-6H3,(H,29,33). The molecule has 0 radical (unpaired) electrons. The number of halogens is 2. The van der Waals surface area contributed by atoms with Gasteiger partial charge in [-0.3, -0.25) is 13.9 Å². The molecule has 0 aromatic heterocycles. The first-order valence-electron chi connectivity index (χ1n) is 11.7. The summed E-state index contributed by atoms with van der Waals surface area (Å²) in [4.78, 5) is 27.8. The highest BCUT2D eigenvalue weighted by molar-refractivity contribution is 7.92. The minimum Gasteiger partial charge on any atom is -0.350 e. The molecule has 1 atom stereocenters. The minimum absolute atomic E-state index is 0.0619. The topological polar surface area (TPSA) is 86.8 Å². The Morgan fingerprint density at radius 3 is 2.25 bits per heavy atom. The van der Waals surface area contributed by atoms with Crippen LogP contribution in [0.2, 0.25) is 10.0 Å². The van der Waals surface area contributed by atoms with E-state index in [0.29, 0.717) is 15.7 Å². The van der Waals surface area contributed by atoms with Crippen molar-refractivity contribution in [1.29, 1.82) is 0 Å². The Morgan fingerprint density at radius 1 is 1.06 bits per heavy atom. The van der Waals surface area contributed by atoms with Gasteiger partial charge < -0.3 is 10.2 Å². The minimum atomic E-state index is -3.55. The van der Waals surface area contributed by atoms with Crippen LogP contribution in [0.15, 0.2) is 42.5 Å². The van der Waals surface area contributed by atoms with Crippen LogP contribution in [-0.2, 0) is 26.2 Å². The zero-order chi connectivity index (χ0) is 27.3. The molecule has 0 aliphatic rings. The predicted octanol–water partition coefficient (Wildman–Crippen LogP) is 5.18. The summed E-state index contributed by atoms with van der Waals surface area (Å²) in [5, 5.41) is 3.67. The molecule has 0 aliphatic carbocycles. The van der Waals surface area contributed by atoms with E-state index in [0.717, 1.165) is 17.4 Å². The third-order valence-corrected chi connectivity index (χ3v) is 7.46. The molecule has 0 fully saturated rings. The van der Waals surface area contributed by atoms with Gasteiger partial charge in [0.15, 0.2) is 0 Å². The number of anilines is 1. The lowest BCUT2D eigenvalue weighted by molar-refractivity contribution is -0.141. The largest absolute Gasteiger partial charge is 0.350 e. The third-order valence-electron chi connectivity index (χ3n) is 5.54. The lowest BCUT2D eigenvalue weighted by atomic mass is 10.1. The van der Waals surface area contributed by atoms with Crippen LogP contribution in [-0.4, -0.2) is 49.5 Å². The fourth-order valence-corrected chi connectivity index (χ4v) is 5.06. The second kappa shape index (κ2) is 12.3. The zero-order valence-electron chi connectivity index (χ0n) is 21.6. The maximum absolute atomic E-state index is 13.4. The summed E-state index contributed by atoms with van der Waals surface area (Å²) < 4.78 is 26.3. The van der Waals surface area contributed by atoms with Crippen LogP contribution in [0.3, 0.4) is 0 Å². The Kier molecular flexibility index (Phi) is 10.2. The molecule has 36 heavy (non-hydrogen) atoms. The number of benzene rings is 2. The van der Waals surface area contributed by atoms with Crippen molar-refractivity contribution in [2.75, 3.05) is 17.1 Å². The zero-order valence-corrected chi connectivity index (χ0v) is 24.0. The van der Waals surface area contributed by atoms with Crippen LogP contribution >= 0.6 is 23.2 Å². The molecule has 10 heteroatoms. The highest BCUT2D eigenvalue weighted by Gasteiger charge is 2.29. The Balaban J connectivity index is 2.23. The maximum atomic E-state index is 13.4. The Labute approximate surface area is 224 Å². The van der Waals surface area contributed by atoms with Gasteiger partial charge in [-0.15, -0.1) is 0 Å². The van der Waals surface area contributed by atoms with Crippen LogP contribution in [0.4, 0.5) is 5.69 Å². The van der Waals surface area contributed by atoms with Gasteiger partial charge in [0.2, 0.25) is 21.8 Å². The molecule has 0 bridgehead atoms. The SMILES string of the molecule is Cc1ccccc1N(CCCC(=O)N(Cc1ccc(Cl)c(Cl)c1)C(C)C(=O)NC(C)(C)C)S(C)(=O)=O. The van der Waals surface area contributed by atoms with E-state index < -0.39 is 21.6 Å². The number of aryl methyl sites for hydroxylation is 1. The molecule has 1 unspecified atom stereocenters. The van der Waals surface area contributed by atoms with Gasteiger partial charge in [-0.1, -0.05) is 47.5 Å². The summed E-state index contributed by atoms with van der Waals surface area (Å²) in [7, 11) is -3.55. The molecule has 7 nitrogen and oxygen atoms in total. The number of nitrogens with zero attached hydrogens (tertiary/aromatic N) is 2. The first-order chi connectivity index (χ1) is 16.6. The highest BCUT2D eigenvalue weighted by Crippen LogP contribution is 2.25. The van der Waals surface area contributed by atoms with Gasteiger partial charge >= 0.3 is 0 Å². The summed E-state index contributed by atoms with van der Waals surface area (Å²) >= 11 is 12.2. The van der Waals surface area contributed by atoms with Crippen LogP contribution in [0.5, 0.6) is 0 Å². The Bertz CT molecular complexity index is 1200. The monoisotopic (exact) mass is 555 g/mol. The fraction of sp³-hybridized carbons (Fsp3) is 0.462. The number of carbonyl (C=O) groups is 2. The molecule has 1 N–H and O–H groups in total. The number of para-hydroxylation sites is 1. The normalized spacial score (nSPS) is 12.7. The third kappa shape index (κ3) is 8.68. The van der Waals surface area contributed by atoms with Gasteiger partial charge in [0.05, 0.1) is 22.0 Å². The van der Waals surface area contributed by atoms with Crippen molar-refractivity contribution in [2.24, 2.45) is 0 Å². The summed E-state index contributed by atoms with van der Waals surface area (Å²) in [6.45, 7) is 9.41. The second-order valence-corrected chi connectivity index (χ2v) is 12.6. The molecule has 198 valence electrons. The van der Waals surface area contributed by atoms with E-state index in [1.807, 2.05) is 39.8 Å². The van der Waals surface area contributed by atoms with Gasteiger partial charge in [0.1, 0.15) is 6.04 Å². The average Bonchev–Trinajstić information content (AvgIpc) is 2.75. The number of rotatable bonds is 10. The van der Waals surface area contributed by atoms with Crippen molar-refractivity contribution >= 4 is 50.7 Å². The number of amides is 2. The first-order valence-corrected chi connectivity index (χ1v) is 14.3. The quantitative estimate of drug-likeness (QED) is 0.437. The summed E-state index contributed by atoms with van der Waals surface area (Å²) in [6, 6.07) is 11.5. The van der Waals surface area contributed by atoms with Crippen molar-refractivity contribution < 1.29 is 18.0 Å². The molecular weight excluding hydrogens is 521 g/mol. The molecule has 0 saturated carbocycles. The number of carbonyl (C=O) groups excluding carboxylic acids is 2. The van der Waals surface area contributed by atoms with Gasteiger partial charge in [-0.25, -0.2) is 8.42 Å². The van der Waals surface area contributed by atoms with Crippen molar-refractivity contribution in [3.63, 3.8) is 0 Å². The number of sulfonamides is 1. The smallest absolute Gasteiger partial charge is 0.242 e. The van der Waals surface area contributed by atoms with Gasteiger partial charge in [0.25, 0.3) is 0 Å². The fourth-order valence-electron chi connectivity index (χ4n) is 3.72. The van der Waals surface area contributed by atoms with E-state index in [2.05, 4.69) is 5.32 Å². The summed E-state index contributed by atoms with van der Waals surface area (Å²) in [5.74, 6) is -0.551. The van der Waals surface area contributed by atoms with Crippen LogP contribution < -0.4 is 9.62 Å². The first kappa shape index (κ1) is 29.9. The number of hydrogen-bond acceptors (Lipinski definition) is 4. The molecule has 0 heterocycles. The van der Waals surface area contributed by atoms with Crippen molar-refractivity contribution in [1.82, 2.24) is 10.2 Å². The lowest BCUT2D eigenvalue weighted by Crippen LogP contribution is -2.52. The molecule has 0 spiro atoms. The molecular formula is C26H35Cl2N3O4S. The van der Waals surface area contributed by atoms with E-state index in [1.165, 1.54) is 9.21 Å². The van der Waals surface area contributed by atoms with E-state index >= 15 is 0 Å². The molecule has 2 rings (SSSR count). The highest BCUT2D eigenvalue weighted by atomic mass is 35.5. The van der Waals surface area contributed by atoms with Gasteiger partial charge in [-0.2, -0.15) is 0 Å². The average molecular weight is 557 g/mol. The summed E-state index contributed by atoms with van der Waals surface area (Å²) in [6.07, 6.45) is 1.49. The molecule has 2 aromatic rings. The molecule has 2 aromatic carbocycles.